The second-order valence-corrected chi connectivity index (χ2v) is 5.67. The van der Waals surface area contributed by atoms with Gasteiger partial charge in [0.05, 0.1) is 6.10 Å². The summed E-state index contributed by atoms with van der Waals surface area (Å²) in [5.41, 5.74) is 0. The first-order valence-electron chi connectivity index (χ1n) is 6.70. The molecule has 17 heavy (non-hydrogen) atoms. The molecule has 2 fully saturated rings. The Kier molecular flexibility index (Phi) is 4.69. The predicted octanol–water partition coefficient (Wildman–Crippen LogP) is 2.33. The van der Waals surface area contributed by atoms with Crippen LogP contribution in [0.3, 0.4) is 0 Å². The summed E-state index contributed by atoms with van der Waals surface area (Å²) < 4.78 is 5.55. The van der Waals surface area contributed by atoms with Crippen molar-refractivity contribution in [2.45, 2.75) is 51.2 Å². The summed E-state index contributed by atoms with van der Waals surface area (Å²) in [5.74, 6) is 1.93. The zero-order chi connectivity index (χ0) is 12.3. The van der Waals surface area contributed by atoms with Gasteiger partial charge in [-0.3, -0.25) is 4.79 Å². The number of halogens is 1. The van der Waals surface area contributed by atoms with Gasteiger partial charge in [-0.2, -0.15) is 0 Å². The fraction of sp³-hybridized carbons (Fsp3) is 0.923. The highest BCUT2D eigenvalue weighted by Crippen LogP contribution is 2.32. The van der Waals surface area contributed by atoms with Crippen LogP contribution in [0.15, 0.2) is 0 Å². The second-order valence-electron chi connectivity index (χ2n) is 5.36. The molecule has 98 valence electrons. The minimum Gasteiger partial charge on any atom is -0.365 e. The molecular weight excluding hydrogens is 238 g/mol. The van der Waals surface area contributed by atoms with Gasteiger partial charge < -0.3 is 10.1 Å². The molecule has 1 amide bonds. The third-order valence-corrected chi connectivity index (χ3v) is 4.47. The maximum atomic E-state index is 11.9. The number of carbonyl (C=O) groups excluding carboxylic acids is 1. The van der Waals surface area contributed by atoms with E-state index in [0.717, 1.165) is 25.3 Å². The first-order chi connectivity index (χ1) is 8.20. The third-order valence-electron chi connectivity index (χ3n) is 4.08. The lowest BCUT2D eigenvalue weighted by molar-refractivity contribution is -0.131. The molecule has 0 aromatic carbocycles. The third kappa shape index (κ3) is 3.35. The van der Waals surface area contributed by atoms with Crippen LogP contribution in [0.25, 0.3) is 0 Å². The van der Waals surface area contributed by atoms with Gasteiger partial charge in [-0.1, -0.05) is 6.42 Å². The molecule has 4 atom stereocenters. The Morgan fingerprint density at radius 3 is 2.71 bits per heavy atom. The summed E-state index contributed by atoms with van der Waals surface area (Å²) in [7, 11) is 0. The summed E-state index contributed by atoms with van der Waals surface area (Å²) in [6.45, 7) is 2.79. The van der Waals surface area contributed by atoms with Crippen molar-refractivity contribution in [3.05, 3.63) is 0 Å². The molecule has 2 aliphatic rings. The van der Waals surface area contributed by atoms with Crippen LogP contribution in [0.4, 0.5) is 0 Å². The standard InChI is InChI=1S/C13H22ClNO2/c1-9-5-6-12(17-9)13(16)15-8-11-4-2-3-10(11)7-14/h9-12H,2-8H2,1H3,(H,15,16). The molecule has 2 rings (SSSR count). The number of carbonyl (C=O) groups is 1. The van der Waals surface area contributed by atoms with E-state index in [2.05, 4.69) is 5.32 Å². The zero-order valence-electron chi connectivity index (χ0n) is 10.5. The quantitative estimate of drug-likeness (QED) is 0.787. The topological polar surface area (TPSA) is 38.3 Å². The van der Waals surface area contributed by atoms with E-state index in [4.69, 9.17) is 16.3 Å². The van der Waals surface area contributed by atoms with Crippen molar-refractivity contribution < 1.29 is 9.53 Å². The van der Waals surface area contributed by atoms with Crippen molar-refractivity contribution in [1.29, 1.82) is 0 Å². The smallest absolute Gasteiger partial charge is 0.249 e. The number of hydrogen-bond donors (Lipinski definition) is 1. The predicted molar refractivity (Wildman–Crippen MR) is 68.1 cm³/mol. The van der Waals surface area contributed by atoms with Gasteiger partial charge in [-0.15, -0.1) is 11.6 Å². The molecule has 1 heterocycles. The summed E-state index contributed by atoms with van der Waals surface area (Å²) in [4.78, 5) is 11.9. The van der Waals surface area contributed by atoms with Crippen molar-refractivity contribution in [2.24, 2.45) is 11.8 Å². The van der Waals surface area contributed by atoms with E-state index in [1.807, 2.05) is 6.92 Å². The highest BCUT2D eigenvalue weighted by molar-refractivity contribution is 6.18. The average Bonchev–Trinajstić information content (AvgIpc) is 2.94. The Balaban J connectivity index is 1.72. The first-order valence-corrected chi connectivity index (χ1v) is 7.23. The van der Waals surface area contributed by atoms with Crippen molar-refractivity contribution >= 4 is 17.5 Å². The lowest BCUT2D eigenvalue weighted by atomic mass is 9.98. The number of ether oxygens (including phenoxy) is 1. The molecule has 0 radical (unpaired) electrons. The number of nitrogens with one attached hydrogen (secondary N) is 1. The minimum atomic E-state index is -0.221. The van der Waals surface area contributed by atoms with Crippen LogP contribution in [0.2, 0.25) is 0 Å². The maximum absolute atomic E-state index is 11.9. The van der Waals surface area contributed by atoms with Crippen LogP contribution in [0.5, 0.6) is 0 Å². The van der Waals surface area contributed by atoms with Gasteiger partial charge in [-0.25, -0.2) is 0 Å². The Bertz CT molecular complexity index is 272. The summed E-state index contributed by atoms with van der Waals surface area (Å²) in [5, 5.41) is 3.03. The van der Waals surface area contributed by atoms with Crippen LogP contribution in [0, 0.1) is 11.8 Å². The molecule has 0 bridgehead atoms. The van der Waals surface area contributed by atoms with Gasteiger partial charge in [0, 0.05) is 12.4 Å². The summed E-state index contributed by atoms with van der Waals surface area (Å²) in [6, 6.07) is 0. The van der Waals surface area contributed by atoms with E-state index in [9.17, 15) is 4.79 Å². The monoisotopic (exact) mass is 259 g/mol. The van der Waals surface area contributed by atoms with E-state index in [1.54, 1.807) is 0 Å². The largest absolute Gasteiger partial charge is 0.365 e. The van der Waals surface area contributed by atoms with E-state index in [-0.39, 0.29) is 18.1 Å². The molecule has 4 unspecified atom stereocenters. The van der Waals surface area contributed by atoms with Crippen LogP contribution < -0.4 is 5.32 Å². The van der Waals surface area contributed by atoms with Crippen molar-refractivity contribution in [3.63, 3.8) is 0 Å². The molecule has 1 aliphatic carbocycles. The number of hydrogen-bond acceptors (Lipinski definition) is 2. The molecular formula is C13H22ClNO2. The molecule has 1 saturated heterocycles. The Labute approximate surface area is 108 Å². The van der Waals surface area contributed by atoms with Gasteiger partial charge in [0.15, 0.2) is 0 Å². The van der Waals surface area contributed by atoms with Gasteiger partial charge in [0.25, 0.3) is 0 Å². The van der Waals surface area contributed by atoms with Crippen molar-refractivity contribution in [2.75, 3.05) is 12.4 Å². The molecule has 0 aromatic rings. The van der Waals surface area contributed by atoms with Gasteiger partial charge in [-0.05, 0) is 44.4 Å². The average molecular weight is 260 g/mol. The minimum absolute atomic E-state index is 0.0644. The molecule has 1 saturated carbocycles. The SMILES string of the molecule is CC1CCC(C(=O)NCC2CCCC2CCl)O1. The molecule has 4 heteroatoms. The maximum Gasteiger partial charge on any atom is 0.249 e. The van der Waals surface area contributed by atoms with Crippen molar-refractivity contribution in [3.8, 4) is 0 Å². The van der Waals surface area contributed by atoms with Crippen LogP contribution >= 0.6 is 11.6 Å². The zero-order valence-corrected chi connectivity index (χ0v) is 11.2. The van der Waals surface area contributed by atoms with Gasteiger partial charge in [0.1, 0.15) is 6.10 Å². The fourth-order valence-electron chi connectivity index (χ4n) is 2.93. The van der Waals surface area contributed by atoms with E-state index < -0.39 is 0 Å². The number of amides is 1. The number of alkyl halides is 1. The normalized spacial score (nSPS) is 37.3. The van der Waals surface area contributed by atoms with Gasteiger partial charge >= 0.3 is 0 Å². The molecule has 0 spiro atoms. The lowest BCUT2D eigenvalue weighted by Crippen LogP contribution is -2.38. The molecule has 3 nitrogen and oxygen atoms in total. The molecule has 1 N–H and O–H groups in total. The Hall–Kier alpha value is -0.280. The highest BCUT2D eigenvalue weighted by atomic mass is 35.5. The fourth-order valence-corrected chi connectivity index (χ4v) is 3.33. The summed E-state index contributed by atoms with van der Waals surface area (Å²) in [6.07, 6.45) is 5.51. The van der Waals surface area contributed by atoms with Crippen LogP contribution in [-0.2, 0) is 9.53 Å². The van der Waals surface area contributed by atoms with Crippen molar-refractivity contribution in [1.82, 2.24) is 5.32 Å². The van der Waals surface area contributed by atoms with Gasteiger partial charge in [0.2, 0.25) is 5.91 Å². The van der Waals surface area contributed by atoms with E-state index >= 15 is 0 Å². The molecule has 0 aromatic heterocycles. The second kappa shape index (κ2) is 6.05. The Morgan fingerprint density at radius 2 is 2.06 bits per heavy atom. The lowest BCUT2D eigenvalue weighted by Gasteiger charge is -2.19. The van der Waals surface area contributed by atoms with E-state index in [0.29, 0.717) is 11.8 Å². The highest BCUT2D eigenvalue weighted by Gasteiger charge is 2.30. The Morgan fingerprint density at radius 1 is 1.29 bits per heavy atom. The van der Waals surface area contributed by atoms with Crippen LogP contribution in [0.1, 0.15) is 39.0 Å². The number of rotatable bonds is 4. The van der Waals surface area contributed by atoms with Crippen LogP contribution in [-0.4, -0.2) is 30.5 Å². The molecule has 1 aliphatic heterocycles. The first kappa shape index (κ1) is 13.2. The van der Waals surface area contributed by atoms with E-state index in [1.165, 1.54) is 19.3 Å². The summed E-state index contributed by atoms with van der Waals surface area (Å²) >= 11 is 5.93.